The Morgan fingerprint density at radius 3 is 2.64 bits per heavy atom. The second kappa shape index (κ2) is 6.99. The minimum atomic E-state index is -0.468. The summed E-state index contributed by atoms with van der Waals surface area (Å²) in [5.41, 5.74) is 2.13. The van der Waals surface area contributed by atoms with E-state index in [0.717, 1.165) is 11.1 Å². The number of phenols is 2. The molecule has 2 aromatic carbocycles. The highest BCUT2D eigenvalue weighted by molar-refractivity contribution is 6.03. The number of phenolic OH excluding ortho intramolecular Hbond substituents is 2. The zero-order valence-electron chi connectivity index (χ0n) is 13.9. The van der Waals surface area contributed by atoms with Gasteiger partial charge in [0, 0.05) is 11.6 Å². The van der Waals surface area contributed by atoms with E-state index < -0.39 is 6.10 Å². The molecule has 0 bridgehead atoms. The second-order valence-electron chi connectivity index (χ2n) is 6.15. The number of benzene rings is 2. The van der Waals surface area contributed by atoms with Crippen LogP contribution in [0.4, 0.5) is 0 Å². The Bertz CT molecular complexity index is 824. The lowest BCUT2D eigenvalue weighted by molar-refractivity contribution is 0.0842. The Kier molecular flexibility index (Phi) is 4.76. The van der Waals surface area contributed by atoms with Crippen LogP contribution in [0.1, 0.15) is 40.9 Å². The minimum Gasteiger partial charge on any atom is -0.507 e. The molecule has 1 aliphatic rings. The number of hydrogen-bond donors (Lipinski definition) is 3. The highest BCUT2D eigenvalue weighted by Crippen LogP contribution is 2.45. The molecule has 1 heterocycles. The number of fused-ring (bicyclic) bond motifs is 1. The van der Waals surface area contributed by atoms with E-state index in [9.17, 15) is 15.0 Å². The zero-order chi connectivity index (χ0) is 18.0. The molecule has 0 saturated heterocycles. The molecular weight excluding hydrogens is 320 g/mol. The molecule has 0 aromatic heterocycles. The van der Waals surface area contributed by atoms with Gasteiger partial charge in [0.25, 0.3) is 0 Å². The summed E-state index contributed by atoms with van der Waals surface area (Å²) in [6.45, 7) is 1.68. The number of aliphatic hydroxyl groups is 1. The van der Waals surface area contributed by atoms with Gasteiger partial charge < -0.3 is 20.1 Å². The maximum Gasteiger partial charge on any atom is 0.174 e. The first kappa shape index (κ1) is 17.0. The SMILES string of the molecule is CC(=CCc1c(O)cc(O)c2c1O[C@H](c1ccccc1)CC2=O)CO. The largest absolute Gasteiger partial charge is 0.507 e. The zero-order valence-corrected chi connectivity index (χ0v) is 13.9. The Balaban J connectivity index is 2.06. The van der Waals surface area contributed by atoms with E-state index in [1.807, 2.05) is 30.3 Å². The van der Waals surface area contributed by atoms with Crippen molar-refractivity contribution in [3.05, 3.63) is 64.7 Å². The van der Waals surface area contributed by atoms with Crippen molar-refractivity contribution >= 4 is 5.78 Å². The Morgan fingerprint density at radius 2 is 1.96 bits per heavy atom. The topological polar surface area (TPSA) is 87.0 Å². The first-order valence-electron chi connectivity index (χ1n) is 8.10. The van der Waals surface area contributed by atoms with Gasteiger partial charge in [-0.25, -0.2) is 0 Å². The first-order chi connectivity index (χ1) is 12.0. The summed E-state index contributed by atoms with van der Waals surface area (Å²) < 4.78 is 6.01. The summed E-state index contributed by atoms with van der Waals surface area (Å²) in [5, 5.41) is 29.5. The fourth-order valence-electron chi connectivity index (χ4n) is 2.92. The van der Waals surface area contributed by atoms with Crippen molar-refractivity contribution in [2.24, 2.45) is 0 Å². The summed E-state index contributed by atoms with van der Waals surface area (Å²) in [4.78, 5) is 12.6. The monoisotopic (exact) mass is 340 g/mol. The third-order valence-electron chi connectivity index (χ3n) is 4.33. The van der Waals surface area contributed by atoms with Crippen molar-refractivity contribution in [2.75, 3.05) is 6.61 Å². The van der Waals surface area contributed by atoms with Gasteiger partial charge >= 0.3 is 0 Å². The number of aliphatic hydroxyl groups excluding tert-OH is 1. The quantitative estimate of drug-likeness (QED) is 0.744. The van der Waals surface area contributed by atoms with Gasteiger partial charge in [-0.2, -0.15) is 0 Å². The van der Waals surface area contributed by atoms with Gasteiger partial charge in [-0.05, 0) is 18.9 Å². The van der Waals surface area contributed by atoms with E-state index in [2.05, 4.69) is 0 Å². The van der Waals surface area contributed by atoms with Crippen molar-refractivity contribution in [3.8, 4) is 17.2 Å². The third-order valence-corrected chi connectivity index (χ3v) is 4.33. The number of carbonyl (C=O) groups excluding carboxylic acids is 1. The van der Waals surface area contributed by atoms with Crippen LogP contribution in [0.5, 0.6) is 17.2 Å². The molecule has 3 rings (SSSR count). The highest BCUT2D eigenvalue weighted by Gasteiger charge is 2.33. The van der Waals surface area contributed by atoms with E-state index in [1.165, 1.54) is 6.07 Å². The van der Waals surface area contributed by atoms with Crippen LogP contribution in [-0.2, 0) is 6.42 Å². The van der Waals surface area contributed by atoms with E-state index in [4.69, 9.17) is 9.84 Å². The molecule has 25 heavy (non-hydrogen) atoms. The lowest BCUT2D eigenvalue weighted by Gasteiger charge is -2.28. The molecular formula is C20H20O5. The van der Waals surface area contributed by atoms with Crippen LogP contribution in [-0.4, -0.2) is 27.7 Å². The van der Waals surface area contributed by atoms with Gasteiger partial charge in [0.2, 0.25) is 0 Å². The number of ketones is 1. The number of aromatic hydroxyl groups is 2. The van der Waals surface area contributed by atoms with Gasteiger partial charge in [-0.3, -0.25) is 4.79 Å². The van der Waals surface area contributed by atoms with Crippen molar-refractivity contribution < 1.29 is 24.9 Å². The maximum atomic E-state index is 12.6. The average Bonchev–Trinajstić information content (AvgIpc) is 2.61. The molecule has 0 aliphatic carbocycles. The Labute approximate surface area is 145 Å². The number of carbonyl (C=O) groups is 1. The van der Waals surface area contributed by atoms with E-state index >= 15 is 0 Å². The van der Waals surface area contributed by atoms with Crippen LogP contribution < -0.4 is 4.74 Å². The third kappa shape index (κ3) is 3.37. The molecule has 0 spiro atoms. The number of ether oxygens (including phenoxy) is 1. The number of Topliss-reactive ketones (excluding diaryl/α,β-unsaturated/α-hetero) is 1. The minimum absolute atomic E-state index is 0.0898. The van der Waals surface area contributed by atoms with Gasteiger partial charge in [0.05, 0.1) is 13.0 Å². The van der Waals surface area contributed by atoms with Crippen LogP contribution >= 0.6 is 0 Å². The molecule has 2 aromatic rings. The van der Waals surface area contributed by atoms with E-state index in [0.29, 0.717) is 5.56 Å². The van der Waals surface area contributed by atoms with Gasteiger partial charge in [-0.1, -0.05) is 42.0 Å². The van der Waals surface area contributed by atoms with Crippen LogP contribution in [0.25, 0.3) is 0 Å². The predicted molar refractivity (Wildman–Crippen MR) is 93.1 cm³/mol. The molecule has 5 nitrogen and oxygen atoms in total. The van der Waals surface area contributed by atoms with E-state index in [1.54, 1.807) is 13.0 Å². The van der Waals surface area contributed by atoms with Crippen LogP contribution in [0.15, 0.2) is 48.0 Å². The molecule has 0 radical (unpaired) electrons. The summed E-state index contributed by atoms with van der Waals surface area (Å²) in [5.74, 6) is -0.434. The molecule has 3 N–H and O–H groups in total. The Morgan fingerprint density at radius 1 is 1.24 bits per heavy atom. The average molecular weight is 340 g/mol. The van der Waals surface area contributed by atoms with Crippen molar-refractivity contribution in [1.82, 2.24) is 0 Å². The van der Waals surface area contributed by atoms with Crippen LogP contribution in [0.3, 0.4) is 0 Å². The molecule has 0 saturated carbocycles. The summed E-state index contributed by atoms with van der Waals surface area (Å²) >= 11 is 0. The van der Waals surface area contributed by atoms with E-state index in [-0.39, 0.29) is 48.0 Å². The van der Waals surface area contributed by atoms with Gasteiger partial charge in [0.15, 0.2) is 5.78 Å². The van der Waals surface area contributed by atoms with Gasteiger partial charge in [-0.15, -0.1) is 0 Å². The normalized spacial score (nSPS) is 17.1. The number of hydrogen-bond acceptors (Lipinski definition) is 5. The molecule has 0 fully saturated rings. The van der Waals surface area contributed by atoms with Crippen molar-refractivity contribution in [2.45, 2.75) is 25.9 Å². The lowest BCUT2D eigenvalue weighted by atomic mass is 9.92. The summed E-state index contributed by atoms with van der Waals surface area (Å²) in [7, 11) is 0. The van der Waals surface area contributed by atoms with Crippen molar-refractivity contribution in [3.63, 3.8) is 0 Å². The second-order valence-corrected chi connectivity index (χ2v) is 6.15. The first-order valence-corrected chi connectivity index (χ1v) is 8.10. The maximum absolute atomic E-state index is 12.6. The summed E-state index contributed by atoms with van der Waals surface area (Å²) in [6, 6.07) is 10.5. The Hall–Kier alpha value is -2.79. The molecule has 5 heteroatoms. The van der Waals surface area contributed by atoms with Crippen LogP contribution in [0.2, 0.25) is 0 Å². The molecule has 0 unspecified atom stereocenters. The molecule has 130 valence electrons. The smallest absolute Gasteiger partial charge is 0.174 e. The molecule has 1 aliphatic heterocycles. The lowest BCUT2D eigenvalue weighted by Crippen LogP contribution is -2.21. The van der Waals surface area contributed by atoms with Gasteiger partial charge in [0.1, 0.15) is 28.9 Å². The van der Waals surface area contributed by atoms with Crippen molar-refractivity contribution in [1.29, 1.82) is 0 Å². The standard InChI is InChI=1S/C20H20O5/c1-12(11-21)7-8-14-15(22)9-16(23)19-17(24)10-18(25-20(14)19)13-5-3-2-4-6-13/h2-7,9,18,21-23H,8,10-11H2,1H3/t18-/m0/s1. The molecule has 0 amide bonds. The summed E-state index contributed by atoms with van der Waals surface area (Å²) in [6.07, 6.45) is 1.70. The fraction of sp³-hybridized carbons (Fsp3) is 0.250. The highest BCUT2D eigenvalue weighted by atomic mass is 16.5. The predicted octanol–water partition coefficient (Wildman–Crippen LogP) is 3.29. The fourth-order valence-corrected chi connectivity index (χ4v) is 2.92. The number of rotatable bonds is 4. The molecule has 1 atom stereocenters. The number of allylic oxidation sites excluding steroid dienone is 1. The van der Waals surface area contributed by atoms with Crippen LogP contribution in [0, 0.1) is 0 Å².